The van der Waals surface area contributed by atoms with Crippen molar-refractivity contribution in [3.05, 3.63) is 53.8 Å². The number of halogens is 1. The smallest absolute Gasteiger partial charge is 0.136 e. The predicted octanol–water partition coefficient (Wildman–Crippen LogP) is 3.74. The van der Waals surface area contributed by atoms with Crippen molar-refractivity contribution in [1.29, 1.82) is 0 Å². The molecule has 0 saturated heterocycles. The first-order valence-electron chi connectivity index (χ1n) is 6.40. The third-order valence-electron chi connectivity index (χ3n) is 2.99. The van der Waals surface area contributed by atoms with Gasteiger partial charge in [0.2, 0.25) is 0 Å². The second-order valence-electron chi connectivity index (χ2n) is 4.82. The summed E-state index contributed by atoms with van der Waals surface area (Å²) in [7, 11) is 3.87. The minimum absolute atomic E-state index is 0.169. The van der Waals surface area contributed by atoms with Crippen LogP contribution in [0.2, 0.25) is 0 Å². The molecular weight excluding hydrogens is 257 g/mol. The van der Waals surface area contributed by atoms with E-state index in [1.165, 1.54) is 13.0 Å². The van der Waals surface area contributed by atoms with Crippen molar-refractivity contribution in [3.8, 4) is 11.5 Å². The van der Waals surface area contributed by atoms with Gasteiger partial charge in [-0.1, -0.05) is 12.1 Å². The molecule has 1 atom stereocenters. The van der Waals surface area contributed by atoms with Crippen LogP contribution in [0.4, 0.5) is 10.1 Å². The molecule has 0 aliphatic carbocycles. The van der Waals surface area contributed by atoms with Crippen molar-refractivity contribution in [1.82, 2.24) is 0 Å². The minimum Gasteiger partial charge on any atom is -0.457 e. The maximum absolute atomic E-state index is 13.8. The van der Waals surface area contributed by atoms with E-state index in [9.17, 15) is 9.50 Å². The van der Waals surface area contributed by atoms with Gasteiger partial charge in [-0.2, -0.15) is 0 Å². The fourth-order valence-electron chi connectivity index (χ4n) is 1.96. The molecule has 0 unspecified atom stereocenters. The summed E-state index contributed by atoms with van der Waals surface area (Å²) in [6.07, 6.45) is -0.928. The minimum atomic E-state index is -0.928. The number of nitrogens with zero attached hydrogens (tertiary/aromatic N) is 1. The van der Waals surface area contributed by atoms with Crippen molar-refractivity contribution in [2.45, 2.75) is 13.0 Å². The molecule has 0 heterocycles. The van der Waals surface area contributed by atoms with E-state index in [-0.39, 0.29) is 5.56 Å². The topological polar surface area (TPSA) is 32.7 Å². The average Bonchev–Trinajstić information content (AvgIpc) is 2.38. The number of aliphatic hydroxyl groups is 1. The summed E-state index contributed by atoms with van der Waals surface area (Å²) in [5.41, 5.74) is 1.15. The molecule has 3 nitrogen and oxygen atoms in total. The van der Waals surface area contributed by atoms with Crippen LogP contribution in [0, 0.1) is 5.82 Å². The van der Waals surface area contributed by atoms with Crippen LogP contribution in [0.25, 0.3) is 0 Å². The Bertz CT molecular complexity index is 597. The monoisotopic (exact) mass is 275 g/mol. The van der Waals surface area contributed by atoms with Crippen LogP contribution in [0.5, 0.6) is 11.5 Å². The second kappa shape index (κ2) is 5.92. The van der Waals surface area contributed by atoms with Crippen LogP contribution in [-0.2, 0) is 0 Å². The number of anilines is 1. The molecule has 1 N–H and O–H groups in total. The molecule has 0 saturated carbocycles. The number of ether oxygens (including phenoxy) is 1. The summed E-state index contributed by atoms with van der Waals surface area (Å²) < 4.78 is 19.5. The van der Waals surface area contributed by atoms with Gasteiger partial charge in [-0.15, -0.1) is 0 Å². The summed E-state index contributed by atoms with van der Waals surface area (Å²) >= 11 is 0. The Morgan fingerprint density at radius 3 is 2.50 bits per heavy atom. The van der Waals surface area contributed by atoms with E-state index in [4.69, 9.17) is 4.74 Å². The van der Waals surface area contributed by atoms with E-state index in [0.717, 1.165) is 5.69 Å². The lowest BCUT2D eigenvalue weighted by Crippen LogP contribution is -2.08. The molecule has 0 amide bonds. The van der Waals surface area contributed by atoms with Crippen LogP contribution in [0.3, 0.4) is 0 Å². The number of hydrogen-bond acceptors (Lipinski definition) is 3. The summed E-state index contributed by atoms with van der Waals surface area (Å²) in [6, 6.07) is 12.0. The van der Waals surface area contributed by atoms with E-state index >= 15 is 0 Å². The lowest BCUT2D eigenvalue weighted by Gasteiger charge is -2.16. The van der Waals surface area contributed by atoms with Crippen LogP contribution in [0.1, 0.15) is 18.6 Å². The Kier molecular flexibility index (Phi) is 4.25. The fraction of sp³-hybridized carbons (Fsp3) is 0.250. The van der Waals surface area contributed by atoms with Gasteiger partial charge >= 0.3 is 0 Å². The largest absolute Gasteiger partial charge is 0.457 e. The van der Waals surface area contributed by atoms with Crippen LogP contribution in [-0.4, -0.2) is 19.2 Å². The molecule has 2 rings (SSSR count). The van der Waals surface area contributed by atoms with Crippen LogP contribution in [0.15, 0.2) is 42.5 Å². The first-order chi connectivity index (χ1) is 9.49. The Morgan fingerprint density at radius 1 is 1.15 bits per heavy atom. The third-order valence-corrected chi connectivity index (χ3v) is 2.99. The van der Waals surface area contributed by atoms with Crippen molar-refractivity contribution < 1.29 is 14.2 Å². The molecular formula is C16H18FNO2. The van der Waals surface area contributed by atoms with E-state index < -0.39 is 11.9 Å². The standard InChI is InChI=1S/C16H18FNO2/c1-11(19)16-14(17)8-5-9-15(16)20-13-7-4-6-12(10-13)18(2)3/h4-11,19H,1-3H3/t11-/m1/s1. The van der Waals surface area contributed by atoms with Crippen LogP contribution >= 0.6 is 0 Å². The maximum atomic E-state index is 13.8. The summed E-state index contributed by atoms with van der Waals surface area (Å²) in [4.78, 5) is 1.95. The van der Waals surface area contributed by atoms with Gasteiger partial charge in [0.15, 0.2) is 0 Å². The first-order valence-corrected chi connectivity index (χ1v) is 6.40. The number of aliphatic hydroxyl groups excluding tert-OH is 1. The molecule has 0 aliphatic heterocycles. The van der Waals surface area contributed by atoms with E-state index in [2.05, 4.69) is 0 Å². The van der Waals surface area contributed by atoms with Crippen molar-refractivity contribution in [3.63, 3.8) is 0 Å². The Morgan fingerprint density at radius 2 is 1.85 bits per heavy atom. The SMILES string of the molecule is C[C@@H](O)c1c(F)cccc1Oc1cccc(N(C)C)c1. The first kappa shape index (κ1) is 14.3. The predicted molar refractivity (Wildman–Crippen MR) is 77.9 cm³/mol. The summed E-state index contributed by atoms with van der Waals surface area (Å²) in [6.45, 7) is 1.52. The Hall–Kier alpha value is -2.07. The molecule has 0 radical (unpaired) electrons. The lowest BCUT2D eigenvalue weighted by molar-refractivity contribution is 0.190. The van der Waals surface area contributed by atoms with Crippen LogP contribution < -0.4 is 9.64 Å². The van der Waals surface area contributed by atoms with Gasteiger partial charge in [0.1, 0.15) is 17.3 Å². The van der Waals surface area contributed by atoms with Crippen molar-refractivity contribution >= 4 is 5.69 Å². The quantitative estimate of drug-likeness (QED) is 0.922. The van der Waals surface area contributed by atoms with Gasteiger partial charge in [0, 0.05) is 25.8 Å². The van der Waals surface area contributed by atoms with Crippen molar-refractivity contribution in [2.24, 2.45) is 0 Å². The molecule has 2 aromatic rings. The second-order valence-corrected chi connectivity index (χ2v) is 4.82. The zero-order valence-electron chi connectivity index (χ0n) is 11.8. The fourth-order valence-corrected chi connectivity index (χ4v) is 1.96. The number of rotatable bonds is 4. The molecule has 0 spiro atoms. The average molecular weight is 275 g/mol. The molecule has 0 aromatic heterocycles. The van der Waals surface area contributed by atoms with E-state index in [1.54, 1.807) is 18.2 Å². The molecule has 0 fully saturated rings. The molecule has 0 aliphatic rings. The zero-order valence-corrected chi connectivity index (χ0v) is 11.8. The molecule has 2 aromatic carbocycles. The van der Waals surface area contributed by atoms with E-state index in [0.29, 0.717) is 11.5 Å². The Balaban J connectivity index is 2.35. The van der Waals surface area contributed by atoms with Crippen molar-refractivity contribution in [2.75, 3.05) is 19.0 Å². The van der Waals surface area contributed by atoms with Gasteiger partial charge in [-0.05, 0) is 31.2 Å². The summed E-state index contributed by atoms with van der Waals surface area (Å²) in [5.74, 6) is 0.459. The summed E-state index contributed by atoms with van der Waals surface area (Å²) in [5, 5.41) is 9.68. The highest BCUT2D eigenvalue weighted by atomic mass is 19.1. The number of benzene rings is 2. The van der Waals surface area contributed by atoms with Gasteiger partial charge in [0.05, 0.1) is 11.7 Å². The molecule has 4 heteroatoms. The number of hydrogen-bond donors (Lipinski definition) is 1. The Labute approximate surface area is 118 Å². The van der Waals surface area contributed by atoms with E-state index in [1.807, 2.05) is 37.2 Å². The van der Waals surface area contributed by atoms with Gasteiger partial charge in [-0.3, -0.25) is 0 Å². The van der Waals surface area contributed by atoms with Gasteiger partial charge in [-0.25, -0.2) is 4.39 Å². The lowest BCUT2D eigenvalue weighted by atomic mass is 10.1. The third kappa shape index (κ3) is 3.08. The molecule has 0 bridgehead atoms. The normalized spacial score (nSPS) is 12.1. The zero-order chi connectivity index (χ0) is 14.7. The highest BCUT2D eigenvalue weighted by molar-refractivity contribution is 5.51. The maximum Gasteiger partial charge on any atom is 0.136 e. The highest BCUT2D eigenvalue weighted by Crippen LogP contribution is 2.32. The highest BCUT2D eigenvalue weighted by Gasteiger charge is 2.15. The van der Waals surface area contributed by atoms with Gasteiger partial charge in [0.25, 0.3) is 0 Å². The molecule has 20 heavy (non-hydrogen) atoms. The molecule has 106 valence electrons. The van der Waals surface area contributed by atoms with Gasteiger partial charge < -0.3 is 14.7 Å².